The fraction of sp³-hybridized carbons (Fsp3) is 0.0417. The van der Waals surface area contributed by atoms with Crippen LogP contribution in [-0.2, 0) is 0 Å². The van der Waals surface area contributed by atoms with Gasteiger partial charge in [0, 0.05) is 41.5 Å². The van der Waals surface area contributed by atoms with Gasteiger partial charge in [0.2, 0.25) is 0 Å². The van der Waals surface area contributed by atoms with Gasteiger partial charge in [-0.1, -0.05) is 35.5 Å². The van der Waals surface area contributed by atoms with Crippen LogP contribution in [0.1, 0.15) is 16.3 Å². The molecule has 2 aromatic carbocycles. The van der Waals surface area contributed by atoms with Crippen LogP contribution >= 0.6 is 0 Å². The molecule has 0 aliphatic carbocycles. The number of hydrogen-bond acceptors (Lipinski definition) is 7. The molecule has 5 rings (SSSR count). The number of carbonyl (C=O) groups is 1. The lowest BCUT2D eigenvalue weighted by Gasteiger charge is -2.09. The van der Waals surface area contributed by atoms with E-state index in [9.17, 15) is 4.79 Å². The molecule has 0 saturated carbocycles. The number of nitrogens with zero attached hydrogens (tertiary/aromatic N) is 5. The van der Waals surface area contributed by atoms with Crippen LogP contribution in [0.5, 0.6) is 0 Å². The summed E-state index contributed by atoms with van der Waals surface area (Å²) in [6.07, 6.45) is 5.06. The van der Waals surface area contributed by atoms with Crippen LogP contribution in [0.3, 0.4) is 0 Å². The molecule has 5 aromatic rings. The van der Waals surface area contributed by atoms with Gasteiger partial charge in [0.05, 0.1) is 0 Å². The lowest BCUT2D eigenvalue weighted by Crippen LogP contribution is -2.12. The molecule has 0 fully saturated rings. The minimum atomic E-state index is -0.349. The van der Waals surface area contributed by atoms with E-state index in [2.05, 4.69) is 30.7 Å². The molecule has 2 N–H and O–H groups in total. The summed E-state index contributed by atoms with van der Waals surface area (Å²) < 4.78 is 7.17. The zero-order chi connectivity index (χ0) is 22.6. The largest absolute Gasteiger partial charge is 0.355 e. The van der Waals surface area contributed by atoms with E-state index in [0.717, 1.165) is 17.1 Å². The van der Waals surface area contributed by atoms with Crippen LogP contribution < -0.4 is 10.6 Å². The molecule has 9 nitrogen and oxygen atoms in total. The molecule has 1 amide bonds. The van der Waals surface area contributed by atoms with E-state index in [1.807, 2.05) is 66.2 Å². The second-order valence-electron chi connectivity index (χ2n) is 7.20. The Morgan fingerprint density at radius 3 is 2.48 bits per heavy atom. The fourth-order valence-electron chi connectivity index (χ4n) is 3.27. The Morgan fingerprint density at radius 1 is 0.939 bits per heavy atom. The van der Waals surface area contributed by atoms with Gasteiger partial charge >= 0.3 is 0 Å². The highest BCUT2D eigenvalue weighted by atomic mass is 16.5. The Bertz CT molecular complexity index is 1390. The molecule has 3 aromatic heterocycles. The number of amides is 1. The molecule has 0 atom stereocenters. The van der Waals surface area contributed by atoms with Crippen molar-refractivity contribution >= 4 is 23.1 Å². The molecule has 33 heavy (non-hydrogen) atoms. The van der Waals surface area contributed by atoms with E-state index in [-0.39, 0.29) is 11.6 Å². The van der Waals surface area contributed by atoms with Crippen molar-refractivity contribution in [3.8, 4) is 17.1 Å². The van der Waals surface area contributed by atoms with Crippen molar-refractivity contribution in [2.45, 2.75) is 6.92 Å². The Hall–Kier alpha value is -4.79. The molecule has 0 radical (unpaired) electrons. The lowest BCUT2D eigenvalue weighted by molar-refractivity contribution is 0.101. The normalized spacial score (nSPS) is 10.7. The molecule has 0 saturated heterocycles. The molecule has 0 spiro atoms. The van der Waals surface area contributed by atoms with Crippen LogP contribution in [-0.4, -0.2) is 30.6 Å². The maximum Gasteiger partial charge on any atom is 0.277 e. The van der Waals surface area contributed by atoms with E-state index in [1.165, 1.54) is 6.33 Å². The van der Waals surface area contributed by atoms with Gasteiger partial charge in [0.25, 0.3) is 5.91 Å². The van der Waals surface area contributed by atoms with Crippen LogP contribution in [0.2, 0.25) is 0 Å². The van der Waals surface area contributed by atoms with Crippen molar-refractivity contribution in [1.82, 2.24) is 24.7 Å². The SMILES string of the molecule is Cc1nccn1-c1cc(Nc2ccc(NC(=O)c3cc(-c4ccccc4)on3)cc2)ncn1. The summed E-state index contributed by atoms with van der Waals surface area (Å²) in [5, 5.41) is 9.93. The van der Waals surface area contributed by atoms with Gasteiger partial charge < -0.3 is 15.2 Å². The molecule has 162 valence electrons. The van der Waals surface area contributed by atoms with Crippen LogP contribution in [0.25, 0.3) is 17.1 Å². The number of nitrogens with one attached hydrogen (secondary N) is 2. The summed E-state index contributed by atoms with van der Waals surface area (Å²) in [7, 11) is 0. The van der Waals surface area contributed by atoms with Gasteiger partial charge in [-0.25, -0.2) is 15.0 Å². The number of aromatic nitrogens is 5. The molecular weight excluding hydrogens is 418 g/mol. The fourth-order valence-corrected chi connectivity index (χ4v) is 3.27. The van der Waals surface area contributed by atoms with E-state index in [0.29, 0.717) is 23.1 Å². The van der Waals surface area contributed by atoms with Crippen LogP contribution in [0.4, 0.5) is 17.2 Å². The third kappa shape index (κ3) is 4.47. The Kier molecular flexibility index (Phi) is 5.34. The smallest absolute Gasteiger partial charge is 0.277 e. The first-order valence-electron chi connectivity index (χ1n) is 10.2. The zero-order valence-electron chi connectivity index (χ0n) is 17.6. The summed E-state index contributed by atoms with van der Waals surface area (Å²) in [5.41, 5.74) is 2.51. The molecule has 0 bridgehead atoms. The van der Waals surface area contributed by atoms with Gasteiger partial charge in [0.15, 0.2) is 11.5 Å². The number of anilines is 3. The second kappa shape index (κ2) is 8.75. The molecular formula is C24H19N7O2. The monoisotopic (exact) mass is 437 g/mol. The third-order valence-electron chi connectivity index (χ3n) is 4.94. The van der Waals surface area contributed by atoms with Gasteiger partial charge in [-0.05, 0) is 31.2 Å². The summed E-state index contributed by atoms with van der Waals surface area (Å²) in [5.74, 6) is 2.38. The summed E-state index contributed by atoms with van der Waals surface area (Å²) in [6.45, 7) is 1.91. The quantitative estimate of drug-likeness (QED) is 0.399. The molecule has 9 heteroatoms. The van der Waals surface area contributed by atoms with E-state index in [1.54, 1.807) is 24.4 Å². The maximum absolute atomic E-state index is 12.5. The van der Waals surface area contributed by atoms with Crippen molar-refractivity contribution in [3.05, 3.63) is 97.0 Å². The summed E-state index contributed by atoms with van der Waals surface area (Å²) in [6, 6.07) is 20.2. The van der Waals surface area contributed by atoms with Crippen molar-refractivity contribution in [2.24, 2.45) is 0 Å². The lowest BCUT2D eigenvalue weighted by atomic mass is 10.1. The van der Waals surface area contributed by atoms with E-state index in [4.69, 9.17) is 4.52 Å². The minimum absolute atomic E-state index is 0.208. The molecule has 3 heterocycles. The Morgan fingerprint density at radius 2 is 1.73 bits per heavy atom. The number of carbonyl (C=O) groups excluding carboxylic acids is 1. The number of imidazole rings is 1. The third-order valence-corrected chi connectivity index (χ3v) is 4.94. The van der Waals surface area contributed by atoms with Crippen molar-refractivity contribution in [3.63, 3.8) is 0 Å². The van der Waals surface area contributed by atoms with Gasteiger partial charge in [-0.2, -0.15) is 0 Å². The number of rotatable bonds is 6. The molecule has 0 aliphatic rings. The van der Waals surface area contributed by atoms with Crippen LogP contribution in [0, 0.1) is 6.92 Å². The maximum atomic E-state index is 12.5. The standard InChI is InChI=1S/C24H19N7O2/c1-16-25-11-12-31(16)23-14-22(26-15-27-23)28-18-7-9-19(10-8-18)29-24(32)20-13-21(33-30-20)17-5-3-2-4-6-17/h2-15H,1H3,(H,29,32)(H,26,27,28). The Labute approximate surface area is 189 Å². The van der Waals surface area contributed by atoms with E-state index < -0.39 is 0 Å². The average Bonchev–Trinajstić information content (AvgIpc) is 3.51. The number of benzene rings is 2. The number of aryl methyl sites for hydroxylation is 1. The highest BCUT2D eigenvalue weighted by molar-refractivity contribution is 6.03. The van der Waals surface area contributed by atoms with Gasteiger partial charge in [-0.15, -0.1) is 0 Å². The zero-order valence-corrected chi connectivity index (χ0v) is 17.6. The first-order chi connectivity index (χ1) is 16.2. The first-order valence-corrected chi connectivity index (χ1v) is 10.2. The molecule has 0 aliphatic heterocycles. The highest BCUT2D eigenvalue weighted by Crippen LogP contribution is 2.22. The predicted octanol–water partition coefficient (Wildman–Crippen LogP) is 4.62. The predicted molar refractivity (Wildman–Crippen MR) is 124 cm³/mol. The van der Waals surface area contributed by atoms with E-state index >= 15 is 0 Å². The summed E-state index contributed by atoms with van der Waals surface area (Å²) >= 11 is 0. The summed E-state index contributed by atoms with van der Waals surface area (Å²) in [4.78, 5) is 25.3. The Balaban J connectivity index is 1.25. The topological polar surface area (TPSA) is 111 Å². The van der Waals surface area contributed by atoms with Gasteiger partial charge in [-0.3, -0.25) is 9.36 Å². The molecule has 0 unspecified atom stereocenters. The number of hydrogen-bond donors (Lipinski definition) is 2. The second-order valence-corrected chi connectivity index (χ2v) is 7.20. The van der Waals surface area contributed by atoms with Gasteiger partial charge in [0.1, 0.15) is 23.8 Å². The minimum Gasteiger partial charge on any atom is -0.355 e. The van der Waals surface area contributed by atoms with Crippen molar-refractivity contribution in [2.75, 3.05) is 10.6 Å². The van der Waals surface area contributed by atoms with Crippen molar-refractivity contribution in [1.29, 1.82) is 0 Å². The highest BCUT2D eigenvalue weighted by Gasteiger charge is 2.14. The van der Waals surface area contributed by atoms with Crippen molar-refractivity contribution < 1.29 is 9.32 Å². The van der Waals surface area contributed by atoms with Crippen LogP contribution in [0.15, 0.2) is 90.0 Å². The first kappa shape index (κ1) is 20.1. The average molecular weight is 437 g/mol.